The van der Waals surface area contributed by atoms with Crippen molar-refractivity contribution in [2.24, 2.45) is 0 Å². The van der Waals surface area contributed by atoms with E-state index in [0.717, 1.165) is 4.47 Å². The second kappa shape index (κ2) is 5.74. The molecule has 0 spiro atoms. The molecule has 2 heteroatoms. The van der Waals surface area contributed by atoms with Gasteiger partial charge in [-0.3, -0.25) is 0 Å². The highest BCUT2D eigenvalue weighted by atomic mass is 79.9. The van der Waals surface area contributed by atoms with Crippen molar-refractivity contribution in [2.75, 3.05) is 4.90 Å². The molecule has 0 atom stereocenters. The number of para-hydroxylation sites is 2. The standard InChI is InChI=1S/C23H22BrN/c1-15-9-5-7-11-20(15)25-21-12-8-6-10-18(21)23(3,4)19-14-17(24)13-16(2)22(19)25/h5-14H,1-4H3. The molecule has 25 heavy (non-hydrogen) atoms. The van der Waals surface area contributed by atoms with E-state index in [1.54, 1.807) is 0 Å². The van der Waals surface area contributed by atoms with E-state index in [0.29, 0.717) is 0 Å². The van der Waals surface area contributed by atoms with Crippen molar-refractivity contribution in [2.45, 2.75) is 33.1 Å². The van der Waals surface area contributed by atoms with Crippen molar-refractivity contribution in [1.82, 2.24) is 0 Å². The molecule has 1 heterocycles. The highest BCUT2D eigenvalue weighted by Crippen LogP contribution is 2.53. The quantitative estimate of drug-likeness (QED) is 0.424. The van der Waals surface area contributed by atoms with Crippen LogP contribution in [0.4, 0.5) is 17.1 Å². The van der Waals surface area contributed by atoms with Gasteiger partial charge in [-0.15, -0.1) is 0 Å². The summed E-state index contributed by atoms with van der Waals surface area (Å²) < 4.78 is 1.14. The van der Waals surface area contributed by atoms with Crippen LogP contribution in [0.2, 0.25) is 0 Å². The van der Waals surface area contributed by atoms with Crippen LogP contribution in [-0.4, -0.2) is 0 Å². The lowest BCUT2D eigenvalue weighted by Crippen LogP contribution is -2.31. The Bertz CT molecular complexity index is 972. The number of anilines is 3. The zero-order valence-corrected chi connectivity index (χ0v) is 16.7. The van der Waals surface area contributed by atoms with Gasteiger partial charge in [-0.25, -0.2) is 0 Å². The van der Waals surface area contributed by atoms with E-state index in [-0.39, 0.29) is 5.41 Å². The number of nitrogens with zero attached hydrogens (tertiary/aromatic N) is 1. The number of aryl methyl sites for hydroxylation is 2. The van der Waals surface area contributed by atoms with Gasteiger partial charge in [0.05, 0.1) is 11.4 Å². The Kier molecular flexibility index (Phi) is 3.77. The summed E-state index contributed by atoms with van der Waals surface area (Å²) >= 11 is 3.70. The zero-order valence-electron chi connectivity index (χ0n) is 15.1. The summed E-state index contributed by atoms with van der Waals surface area (Å²) in [5.74, 6) is 0. The summed E-state index contributed by atoms with van der Waals surface area (Å²) in [5.41, 5.74) is 9.09. The van der Waals surface area contributed by atoms with Gasteiger partial charge in [0.25, 0.3) is 0 Å². The molecule has 0 unspecified atom stereocenters. The normalized spacial score (nSPS) is 14.8. The fraction of sp³-hybridized carbons (Fsp3) is 0.217. The Balaban J connectivity index is 2.12. The van der Waals surface area contributed by atoms with E-state index < -0.39 is 0 Å². The second-order valence-corrected chi connectivity index (χ2v) is 8.30. The zero-order chi connectivity index (χ0) is 17.8. The molecule has 0 saturated carbocycles. The molecule has 0 aromatic heterocycles. The Morgan fingerprint density at radius 2 is 1.40 bits per heavy atom. The number of benzene rings is 3. The summed E-state index contributed by atoms with van der Waals surface area (Å²) in [5, 5.41) is 0. The summed E-state index contributed by atoms with van der Waals surface area (Å²) in [7, 11) is 0. The Morgan fingerprint density at radius 3 is 2.12 bits per heavy atom. The predicted octanol–water partition coefficient (Wildman–Crippen LogP) is 7.18. The van der Waals surface area contributed by atoms with Gasteiger partial charge >= 0.3 is 0 Å². The molecule has 0 amide bonds. The third-order valence-electron chi connectivity index (χ3n) is 5.34. The maximum absolute atomic E-state index is 3.70. The van der Waals surface area contributed by atoms with Gasteiger partial charge in [-0.05, 0) is 60.4 Å². The van der Waals surface area contributed by atoms with Crippen LogP contribution in [0.5, 0.6) is 0 Å². The molecule has 1 aliphatic heterocycles. The lowest BCUT2D eigenvalue weighted by Gasteiger charge is -2.43. The van der Waals surface area contributed by atoms with Crippen molar-refractivity contribution >= 4 is 33.0 Å². The molecule has 0 aliphatic carbocycles. The average Bonchev–Trinajstić information content (AvgIpc) is 2.57. The summed E-state index contributed by atoms with van der Waals surface area (Å²) in [6.45, 7) is 9.04. The van der Waals surface area contributed by atoms with Crippen molar-refractivity contribution in [3.63, 3.8) is 0 Å². The van der Waals surface area contributed by atoms with E-state index in [2.05, 4.69) is 109 Å². The van der Waals surface area contributed by atoms with Crippen molar-refractivity contribution in [3.8, 4) is 0 Å². The van der Waals surface area contributed by atoms with Gasteiger partial charge in [0, 0.05) is 15.6 Å². The van der Waals surface area contributed by atoms with Crippen LogP contribution in [0.3, 0.4) is 0 Å². The highest BCUT2D eigenvalue weighted by Gasteiger charge is 2.38. The summed E-state index contributed by atoms with van der Waals surface area (Å²) in [4.78, 5) is 2.44. The minimum Gasteiger partial charge on any atom is -0.309 e. The van der Waals surface area contributed by atoms with E-state index in [4.69, 9.17) is 0 Å². The van der Waals surface area contributed by atoms with Crippen molar-refractivity contribution in [1.29, 1.82) is 0 Å². The average molecular weight is 392 g/mol. The molecule has 3 aromatic rings. The van der Waals surface area contributed by atoms with Crippen LogP contribution in [0.15, 0.2) is 65.1 Å². The number of hydrogen-bond acceptors (Lipinski definition) is 1. The Morgan fingerprint density at radius 1 is 0.760 bits per heavy atom. The van der Waals surface area contributed by atoms with Crippen LogP contribution < -0.4 is 4.90 Å². The Hall–Kier alpha value is -2.06. The minimum absolute atomic E-state index is 0.0420. The van der Waals surface area contributed by atoms with Crippen LogP contribution in [0.25, 0.3) is 0 Å². The fourth-order valence-corrected chi connectivity index (χ4v) is 4.61. The van der Waals surface area contributed by atoms with Crippen LogP contribution in [0.1, 0.15) is 36.1 Å². The number of rotatable bonds is 1. The molecular formula is C23H22BrN. The molecule has 126 valence electrons. The van der Waals surface area contributed by atoms with Crippen LogP contribution >= 0.6 is 15.9 Å². The molecule has 1 nitrogen and oxygen atoms in total. The first-order chi connectivity index (χ1) is 11.9. The van der Waals surface area contributed by atoms with E-state index in [1.165, 1.54) is 39.3 Å². The lowest BCUT2D eigenvalue weighted by molar-refractivity contribution is 0.630. The first-order valence-electron chi connectivity index (χ1n) is 8.67. The minimum atomic E-state index is -0.0420. The number of hydrogen-bond donors (Lipinski definition) is 0. The van der Waals surface area contributed by atoms with Gasteiger partial charge in [0.2, 0.25) is 0 Å². The highest BCUT2D eigenvalue weighted by molar-refractivity contribution is 9.10. The van der Waals surface area contributed by atoms with Gasteiger partial charge in [0.15, 0.2) is 0 Å². The smallest absolute Gasteiger partial charge is 0.0532 e. The van der Waals surface area contributed by atoms with Gasteiger partial charge in [-0.1, -0.05) is 66.2 Å². The second-order valence-electron chi connectivity index (χ2n) is 7.38. The maximum Gasteiger partial charge on any atom is 0.0532 e. The predicted molar refractivity (Wildman–Crippen MR) is 110 cm³/mol. The fourth-order valence-electron chi connectivity index (χ4n) is 4.04. The first-order valence-corrected chi connectivity index (χ1v) is 9.46. The SMILES string of the molecule is Cc1ccccc1N1c2ccccc2C(C)(C)c2cc(Br)cc(C)c21. The van der Waals surface area contributed by atoms with Gasteiger partial charge in [0.1, 0.15) is 0 Å². The van der Waals surface area contributed by atoms with Gasteiger partial charge in [-0.2, -0.15) is 0 Å². The number of halogens is 1. The molecular weight excluding hydrogens is 370 g/mol. The third kappa shape index (κ3) is 2.43. The maximum atomic E-state index is 3.70. The van der Waals surface area contributed by atoms with Crippen molar-refractivity contribution < 1.29 is 0 Å². The largest absolute Gasteiger partial charge is 0.309 e. The van der Waals surface area contributed by atoms with Crippen LogP contribution in [-0.2, 0) is 5.41 Å². The topological polar surface area (TPSA) is 3.24 Å². The Labute approximate surface area is 158 Å². The van der Waals surface area contributed by atoms with E-state index in [1.807, 2.05) is 0 Å². The molecule has 1 aliphatic rings. The first kappa shape index (κ1) is 16.4. The summed E-state index contributed by atoms with van der Waals surface area (Å²) in [6, 6.07) is 21.9. The summed E-state index contributed by atoms with van der Waals surface area (Å²) in [6.07, 6.45) is 0. The molecule has 4 rings (SSSR count). The molecule has 0 saturated heterocycles. The van der Waals surface area contributed by atoms with E-state index in [9.17, 15) is 0 Å². The molecule has 0 bridgehead atoms. The molecule has 0 radical (unpaired) electrons. The van der Waals surface area contributed by atoms with Gasteiger partial charge < -0.3 is 4.90 Å². The third-order valence-corrected chi connectivity index (χ3v) is 5.79. The number of fused-ring (bicyclic) bond motifs is 2. The molecule has 0 fully saturated rings. The lowest BCUT2D eigenvalue weighted by atomic mass is 9.73. The van der Waals surface area contributed by atoms with Crippen molar-refractivity contribution in [3.05, 3.63) is 87.4 Å². The van der Waals surface area contributed by atoms with Crippen LogP contribution in [0, 0.1) is 13.8 Å². The molecule has 3 aromatic carbocycles. The van der Waals surface area contributed by atoms with E-state index >= 15 is 0 Å². The molecule has 0 N–H and O–H groups in total. The monoisotopic (exact) mass is 391 g/mol.